The standard InChI is InChI=1S/C27H29N5O4S2/c1-4-36-22-12-10-20(11-13-22)25-18-30-27(31-21-6-5-7-24(16-21)37(2,28)33)32-26(25)29-17-19-8-14-23(15-9-19)38(3,34)35/h5-16,18,28H,4,17H2,1-3H3,(H2,29,30,31,32). The van der Waals surface area contributed by atoms with E-state index in [-0.39, 0.29) is 4.90 Å². The van der Waals surface area contributed by atoms with Gasteiger partial charge in [0.15, 0.2) is 9.84 Å². The van der Waals surface area contributed by atoms with Crippen LogP contribution in [0.2, 0.25) is 0 Å². The first-order valence-corrected chi connectivity index (χ1v) is 15.6. The Balaban J connectivity index is 1.64. The molecule has 1 atom stereocenters. The van der Waals surface area contributed by atoms with Gasteiger partial charge >= 0.3 is 0 Å². The number of anilines is 3. The van der Waals surface area contributed by atoms with E-state index in [2.05, 4.69) is 20.6 Å². The van der Waals surface area contributed by atoms with E-state index in [0.29, 0.717) is 35.5 Å². The van der Waals surface area contributed by atoms with E-state index in [1.807, 2.05) is 31.2 Å². The lowest BCUT2D eigenvalue weighted by atomic mass is 10.1. The van der Waals surface area contributed by atoms with E-state index in [4.69, 9.17) is 9.52 Å². The van der Waals surface area contributed by atoms with Crippen molar-refractivity contribution in [1.29, 1.82) is 4.78 Å². The molecule has 0 amide bonds. The molecular weight excluding hydrogens is 522 g/mol. The molecule has 4 aromatic rings. The summed E-state index contributed by atoms with van der Waals surface area (Å²) in [5, 5.41) is 6.47. The Morgan fingerprint density at radius 3 is 2.26 bits per heavy atom. The van der Waals surface area contributed by atoms with Gasteiger partial charge in [-0.1, -0.05) is 30.3 Å². The van der Waals surface area contributed by atoms with E-state index in [9.17, 15) is 12.6 Å². The summed E-state index contributed by atoms with van der Waals surface area (Å²) >= 11 is 0. The van der Waals surface area contributed by atoms with Crippen LogP contribution in [0.3, 0.4) is 0 Å². The Morgan fingerprint density at radius 2 is 1.63 bits per heavy atom. The summed E-state index contributed by atoms with van der Waals surface area (Å²) in [6, 6.07) is 21.1. The molecule has 0 aliphatic carbocycles. The zero-order valence-electron chi connectivity index (χ0n) is 21.3. The van der Waals surface area contributed by atoms with Gasteiger partial charge in [-0.05, 0) is 60.5 Å². The van der Waals surface area contributed by atoms with Gasteiger partial charge in [0.2, 0.25) is 5.95 Å². The highest BCUT2D eigenvalue weighted by atomic mass is 32.2. The van der Waals surface area contributed by atoms with Crippen LogP contribution in [0.25, 0.3) is 11.1 Å². The molecule has 0 bridgehead atoms. The minimum Gasteiger partial charge on any atom is -0.494 e. The third-order valence-electron chi connectivity index (χ3n) is 5.62. The molecule has 3 aromatic carbocycles. The smallest absolute Gasteiger partial charge is 0.229 e. The molecule has 1 aromatic heterocycles. The molecule has 9 nitrogen and oxygen atoms in total. The Morgan fingerprint density at radius 1 is 0.921 bits per heavy atom. The van der Waals surface area contributed by atoms with Crippen LogP contribution in [-0.2, 0) is 26.1 Å². The molecule has 11 heteroatoms. The van der Waals surface area contributed by atoms with Crippen molar-refractivity contribution in [3.8, 4) is 16.9 Å². The highest BCUT2D eigenvalue weighted by Gasteiger charge is 2.12. The van der Waals surface area contributed by atoms with Gasteiger partial charge in [0.1, 0.15) is 11.6 Å². The van der Waals surface area contributed by atoms with Gasteiger partial charge in [-0.3, -0.25) is 0 Å². The van der Waals surface area contributed by atoms with Crippen molar-refractivity contribution in [2.24, 2.45) is 0 Å². The van der Waals surface area contributed by atoms with Gasteiger partial charge in [-0.15, -0.1) is 0 Å². The number of aromatic nitrogens is 2. The molecule has 198 valence electrons. The fourth-order valence-corrected chi connectivity index (χ4v) is 4.99. The van der Waals surface area contributed by atoms with Crippen molar-refractivity contribution < 1.29 is 17.4 Å². The first kappa shape index (κ1) is 27.1. The highest BCUT2D eigenvalue weighted by molar-refractivity contribution is 7.91. The van der Waals surface area contributed by atoms with Crippen LogP contribution >= 0.6 is 0 Å². The molecule has 3 N–H and O–H groups in total. The number of sulfone groups is 1. The van der Waals surface area contributed by atoms with Crippen LogP contribution in [0.1, 0.15) is 12.5 Å². The summed E-state index contributed by atoms with van der Waals surface area (Å²) < 4.78 is 49.1. The maximum atomic E-state index is 12.2. The molecule has 0 saturated carbocycles. The Labute approximate surface area is 223 Å². The van der Waals surface area contributed by atoms with E-state index in [0.717, 1.165) is 22.4 Å². The van der Waals surface area contributed by atoms with Crippen molar-refractivity contribution in [3.63, 3.8) is 0 Å². The lowest BCUT2D eigenvalue weighted by molar-refractivity contribution is 0.340. The second-order valence-corrected chi connectivity index (χ2v) is 12.9. The Kier molecular flexibility index (Phi) is 7.98. The van der Waals surface area contributed by atoms with Gasteiger partial charge < -0.3 is 15.4 Å². The molecular formula is C27H29N5O4S2. The van der Waals surface area contributed by atoms with Gasteiger partial charge in [-0.25, -0.2) is 22.4 Å². The first-order valence-electron chi connectivity index (χ1n) is 11.8. The normalized spacial score (nSPS) is 12.9. The largest absolute Gasteiger partial charge is 0.494 e. The molecule has 1 heterocycles. The summed E-state index contributed by atoms with van der Waals surface area (Å²) in [5.74, 6) is 1.65. The predicted molar refractivity (Wildman–Crippen MR) is 150 cm³/mol. The maximum Gasteiger partial charge on any atom is 0.229 e. The van der Waals surface area contributed by atoms with Crippen molar-refractivity contribution in [2.75, 3.05) is 29.8 Å². The number of rotatable bonds is 10. The lowest BCUT2D eigenvalue weighted by Crippen LogP contribution is -2.07. The van der Waals surface area contributed by atoms with Crippen LogP contribution in [0.4, 0.5) is 17.5 Å². The summed E-state index contributed by atoms with van der Waals surface area (Å²) in [5.41, 5.74) is 3.14. The monoisotopic (exact) mass is 551 g/mol. The number of ether oxygens (including phenoxy) is 1. The first-order chi connectivity index (χ1) is 18.0. The Hall–Kier alpha value is -3.96. The zero-order valence-corrected chi connectivity index (χ0v) is 22.9. The van der Waals surface area contributed by atoms with E-state index < -0.39 is 19.6 Å². The highest BCUT2D eigenvalue weighted by Crippen LogP contribution is 2.30. The third kappa shape index (κ3) is 6.87. The summed E-state index contributed by atoms with van der Waals surface area (Å²) in [7, 11) is -6.14. The molecule has 0 saturated heterocycles. The zero-order chi connectivity index (χ0) is 27.3. The van der Waals surface area contributed by atoms with Crippen molar-refractivity contribution in [1.82, 2.24) is 9.97 Å². The fraction of sp³-hybridized carbons (Fsp3) is 0.185. The summed E-state index contributed by atoms with van der Waals surface area (Å²) in [6.07, 6.45) is 4.26. The lowest BCUT2D eigenvalue weighted by Gasteiger charge is -2.14. The number of hydrogen-bond acceptors (Lipinski definition) is 9. The van der Waals surface area contributed by atoms with Gasteiger partial charge in [0.05, 0.1) is 21.2 Å². The average molecular weight is 552 g/mol. The molecule has 38 heavy (non-hydrogen) atoms. The van der Waals surface area contributed by atoms with Crippen molar-refractivity contribution >= 4 is 37.0 Å². The van der Waals surface area contributed by atoms with Crippen LogP contribution < -0.4 is 15.4 Å². The molecule has 1 unspecified atom stereocenters. The summed E-state index contributed by atoms with van der Waals surface area (Å²) in [6.45, 7) is 2.90. The number of benzene rings is 3. The SMILES string of the molecule is CCOc1ccc(-c2cnc(Nc3cccc(S(C)(=N)=O)c3)nc2NCc2ccc(S(C)(=O)=O)cc2)cc1. The summed E-state index contributed by atoms with van der Waals surface area (Å²) in [4.78, 5) is 9.83. The van der Waals surface area contributed by atoms with Crippen LogP contribution in [0.5, 0.6) is 5.75 Å². The van der Waals surface area contributed by atoms with Gasteiger partial charge in [0.25, 0.3) is 0 Å². The molecule has 0 spiro atoms. The minimum absolute atomic E-state index is 0.260. The van der Waals surface area contributed by atoms with Gasteiger partial charge in [-0.2, -0.15) is 4.98 Å². The molecule has 0 aliphatic heterocycles. The average Bonchev–Trinajstić information content (AvgIpc) is 2.88. The Bertz CT molecular complexity index is 1640. The maximum absolute atomic E-state index is 12.2. The topological polar surface area (TPSA) is 134 Å². The van der Waals surface area contributed by atoms with Crippen LogP contribution in [0, 0.1) is 4.78 Å². The second-order valence-electron chi connectivity index (χ2n) is 8.68. The quantitative estimate of drug-likeness (QED) is 0.241. The van der Waals surface area contributed by atoms with E-state index >= 15 is 0 Å². The second kappa shape index (κ2) is 11.2. The van der Waals surface area contributed by atoms with Crippen LogP contribution in [-0.4, -0.2) is 41.7 Å². The van der Waals surface area contributed by atoms with Crippen LogP contribution in [0.15, 0.2) is 88.8 Å². The van der Waals surface area contributed by atoms with E-state index in [1.54, 1.807) is 54.7 Å². The number of hydrogen-bond donors (Lipinski definition) is 3. The van der Waals surface area contributed by atoms with E-state index in [1.165, 1.54) is 12.5 Å². The van der Waals surface area contributed by atoms with Crippen molar-refractivity contribution in [3.05, 3.63) is 84.6 Å². The van der Waals surface area contributed by atoms with Gasteiger partial charge in [0, 0.05) is 41.4 Å². The molecule has 0 radical (unpaired) electrons. The fourth-order valence-electron chi connectivity index (χ4n) is 3.67. The predicted octanol–water partition coefficient (Wildman–Crippen LogP) is 5.34. The number of nitrogens with zero attached hydrogens (tertiary/aromatic N) is 2. The molecule has 0 aliphatic rings. The molecule has 4 rings (SSSR count). The number of nitrogens with one attached hydrogen (secondary N) is 3. The molecule has 0 fully saturated rings. The van der Waals surface area contributed by atoms with Crippen molar-refractivity contribution in [2.45, 2.75) is 23.3 Å². The minimum atomic E-state index is -3.27. The third-order valence-corrected chi connectivity index (χ3v) is 7.90.